The molecular formula is C7H18N2. The van der Waals surface area contributed by atoms with Gasteiger partial charge in [-0.15, -0.1) is 0 Å². The van der Waals surface area contributed by atoms with Crippen LogP contribution >= 0.6 is 0 Å². The van der Waals surface area contributed by atoms with E-state index < -0.39 is 0 Å². The normalized spacial score (nSPS) is 12.0. The van der Waals surface area contributed by atoms with Crippen LogP contribution in [0.2, 0.25) is 0 Å². The lowest BCUT2D eigenvalue weighted by Gasteiger charge is -2.19. The van der Waals surface area contributed by atoms with Crippen LogP contribution in [0.4, 0.5) is 0 Å². The molecule has 0 bridgehead atoms. The van der Waals surface area contributed by atoms with Gasteiger partial charge in [-0.05, 0) is 20.8 Å². The number of hydrogen-bond donors (Lipinski definition) is 2. The third-order valence-corrected chi connectivity index (χ3v) is 1.00. The Bertz CT molecular complexity index is 63.8. The van der Waals surface area contributed by atoms with E-state index in [-0.39, 0.29) is 5.54 Å². The van der Waals surface area contributed by atoms with Crippen LogP contribution in [0.15, 0.2) is 0 Å². The maximum atomic E-state index is 3.64. The molecular weight excluding hydrogens is 112 g/mol. The Kier molecular flexibility index (Phi) is 3.82. The van der Waals surface area contributed by atoms with Gasteiger partial charge in [0.05, 0.1) is 6.54 Å². The predicted octanol–water partition coefficient (Wildman–Crippen LogP) is -0.271. The fourth-order valence-electron chi connectivity index (χ4n) is 0.549. The maximum Gasteiger partial charge on any atom is 0.0642 e. The highest BCUT2D eigenvalue weighted by atomic mass is 15.0. The molecule has 0 radical (unpaired) electrons. The Morgan fingerprint density at radius 1 is 1.44 bits per heavy atom. The van der Waals surface area contributed by atoms with Gasteiger partial charge in [-0.1, -0.05) is 0 Å². The fourth-order valence-corrected chi connectivity index (χ4v) is 0.549. The van der Waals surface area contributed by atoms with E-state index in [1.807, 2.05) is 5.32 Å². The minimum atomic E-state index is 0.253. The monoisotopic (exact) mass is 130 g/mol. The summed E-state index contributed by atoms with van der Waals surface area (Å²) in [6, 6.07) is 0. The molecule has 0 atom stereocenters. The topological polar surface area (TPSA) is 28.6 Å². The second-order valence-corrected chi connectivity index (χ2v) is 3.25. The molecule has 0 aliphatic carbocycles. The molecule has 0 fully saturated rings. The summed E-state index contributed by atoms with van der Waals surface area (Å²) in [6.07, 6.45) is 0. The van der Waals surface area contributed by atoms with Gasteiger partial charge in [-0.3, -0.25) is 0 Å². The smallest absolute Gasteiger partial charge is 0.0642 e. The molecule has 9 heavy (non-hydrogen) atoms. The van der Waals surface area contributed by atoms with Gasteiger partial charge in [0, 0.05) is 12.1 Å². The van der Waals surface area contributed by atoms with Crippen LogP contribution in [-0.4, -0.2) is 18.6 Å². The van der Waals surface area contributed by atoms with Gasteiger partial charge >= 0.3 is 0 Å². The minimum Gasteiger partial charge on any atom is -0.478 e. The van der Waals surface area contributed by atoms with Gasteiger partial charge in [0.2, 0.25) is 0 Å². The molecule has 0 unspecified atom stereocenters. The van der Waals surface area contributed by atoms with Crippen molar-refractivity contribution in [3.63, 3.8) is 0 Å². The van der Waals surface area contributed by atoms with Crippen LogP contribution in [0, 0.1) is 7.05 Å². The van der Waals surface area contributed by atoms with Gasteiger partial charge in [0.1, 0.15) is 0 Å². The fraction of sp³-hybridized carbons (Fsp3) is 0.857. The molecule has 3 N–H and O–H groups in total. The first-order chi connectivity index (χ1) is 4.06. The van der Waals surface area contributed by atoms with Crippen molar-refractivity contribution in [3.8, 4) is 0 Å². The van der Waals surface area contributed by atoms with Gasteiger partial charge in [-0.25, -0.2) is 0 Å². The number of rotatable bonds is 3. The number of nitrogens with two attached hydrogens (primary N) is 1. The highest BCUT2D eigenvalue weighted by Crippen LogP contribution is 1.95. The molecule has 0 rings (SSSR count). The molecule has 0 saturated heterocycles. The predicted molar refractivity (Wildman–Crippen MR) is 39.9 cm³/mol. The zero-order valence-corrected chi connectivity index (χ0v) is 6.70. The standard InChI is InChI=1S/C7H18N2/c1-7(2,3)9-6-5-8-4/h9H,4-6,8H2,1-3H3. The molecule has 0 aromatic rings. The third-order valence-electron chi connectivity index (χ3n) is 1.00. The second kappa shape index (κ2) is 3.85. The molecule has 0 amide bonds. The number of nitrogens with one attached hydrogen (secondary N) is 1. The highest BCUT2D eigenvalue weighted by Gasteiger charge is 2.06. The molecule has 0 aliphatic heterocycles. The molecule has 2 nitrogen and oxygen atoms in total. The lowest BCUT2D eigenvalue weighted by atomic mass is 10.1. The van der Waals surface area contributed by atoms with E-state index in [9.17, 15) is 0 Å². The first kappa shape index (κ1) is 8.92. The van der Waals surface area contributed by atoms with Gasteiger partial charge < -0.3 is 10.6 Å². The van der Waals surface area contributed by atoms with Crippen molar-refractivity contribution >= 4 is 0 Å². The Morgan fingerprint density at radius 3 is 2.33 bits per heavy atom. The number of quaternary nitrogens is 1. The van der Waals surface area contributed by atoms with Gasteiger partial charge in [-0.2, -0.15) is 7.05 Å². The highest BCUT2D eigenvalue weighted by molar-refractivity contribution is 4.68. The molecule has 2 heteroatoms. The molecule has 0 aliphatic rings. The van der Waals surface area contributed by atoms with Crippen molar-refractivity contribution in [2.75, 3.05) is 13.1 Å². The average molecular weight is 130 g/mol. The summed E-state index contributed by atoms with van der Waals surface area (Å²) >= 11 is 0. The Hall–Kier alpha value is -0.0800. The van der Waals surface area contributed by atoms with Crippen molar-refractivity contribution in [2.45, 2.75) is 26.3 Å². The first-order valence-electron chi connectivity index (χ1n) is 3.42. The molecule has 0 spiro atoms. The second-order valence-electron chi connectivity index (χ2n) is 3.25. The van der Waals surface area contributed by atoms with E-state index in [4.69, 9.17) is 0 Å². The summed E-state index contributed by atoms with van der Waals surface area (Å²) in [5.74, 6) is 0. The Balaban J connectivity index is 3.07. The number of hydrogen-bond acceptors (Lipinski definition) is 1. The molecule has 0 heterocycles. The largest absolute Gasteiger partial charge is 0.478 e. The van der Waals surface area contributed by atoms with E-state index in [1.54, 1.807) is 0 Å². The van der Waals surface area contributed by atoms with Gasteiger partial charge in [0.15, 0.2) is 0 Å². The van der Waals surface area contributed by atoms with E-state index in [1.165, 1.54) is 0 Å². The minimum absolute atomic E-state index is 0.253. The zero-order valence-electron chi connectivity index (χ0n) is 6.70. The van der Waals surface area contributed by atoms with Crippen LogP contribution < -0.4 is 10.6 Å². The van der Waals surface area contributed by atoms with E-state index >= 15 is 0 Å². The van der Waals surface area contributed by atoms with Crippen LogP contribution in [0.3, 0.4) is 0 Å². The van der Waals surface area contributed by atoms with Crippen molar-refractivity contribution in [1.29, 1.82) is 0 Å². The molecule has 0 aromatic carbocycles. The molecule has 0 aromatic heterocycles. The van der Waals surface area contributed by atoms with Crippen molar-refractivity contribution in [3.05, 3.63) is 7.05 Å². The van der Waals surface area contributed by atoms with Gasteiger partial charge in [0.25, 0.3) is 0 Å². The maximum absolute atomic E-state index is 3.64. The summed E-state index contributed by atoms with van der Waals surface area (Å²) < 4.78 is 0. The summed E-state index contributed by atoms with van der Waals surface area (Å²) in [5, 5.41) is 5.28. The van der Waals surface area contributed by atoms with E-state index in [2.05, 4.69) is 33.1 Å². The summed E-state index contributed by atoms with van der Waals surface area (Å²) in [7, 11) is 3.64. The van der Waals surface area contributed by atoms with E-state index in [0.29, 0.717) is 0 Å². The van der Waals surface area contributed by atoms with Crippen LogP contribution in [0.25, 0.3) is 0 Å². The van der Waals surface area contributed by atoms with Crippen molar-refractivity contribution in [1.82, 2.24) is 5.32 Å². The SMILES string of the molecule is [CH2-][NH2+]CCNC(C)(C)C. The van der Waals surface area contributed by atoms with Crippen molar-refractivity contribution in [2.24, 2.45) is 0 Å². The van der Waals surface area contributed by atoms with E-state index in [0.717, 1.165) is 13.1 Å². The van der Waals surface area contributed by atoms with Crippen LogP contribution in [0.1, 0.15) is 20.8 Å². The Morgan fingerprint density at radius 2 is 2.00 bits per heavy atom. The first-order valence-corrected chi connectivity index (χ1v) is 3.42. The van der Waals surface area contributed by atoms with Crippen LogP contribution in [-0.2, 0) is 0 Å². The average Bonchev–Trinajstić information content (AvgIpc) is 1.63. The lowest BCUT2D eigenvalue weighted by Crippen LogP contribution is -2.79. The lowest BCUT2D eigenvalue weighted by molar-refractivity contribution is -0.593. The summed E-state index contributed by atoms with van der Waals surface area (Å²) in [5.41, 5.74) is 0.253. The zero-order chi connectivity index (χ0) is 7.33. The summed E-state index contributed by atoms with van der Waals surface area (Å²) in [4.78, 5) is 0. The van der Waals surface area contributed by atoms with Crippen LogP contribution in [0.5, 0.6) is 0 Å². The summed E-state index contributed by atoms with van der Waals surface area (Å²) in [6.45, 7) is 8.58. The Labute approximate surface area is 58.0 Å². The third kappa shape index (κ3) is 7.92. The quantitative estimate of drug-likeness (QED) is 0.399. The van der Waals surface area contributed by atoms with Crippen molar-refractivity contribution < 1.29 is 5.32 Å². The molecule has 56 valence electrons. The molecule has 0 saturated carbocycles.